The van der Waals surface area contributed by atoms with E-state index in [-0.39, 0.29) is 17.3 Å². The molecule has 0 saturated carbocycles. The van der Waals surface area contributed by atoms with Gasteiger partial charge in [0.2, 0.25) is 11.8 Å². The van der Waals surface area contributed by atoms with Crippen LogP contribution in [-0.2, 0) is 26.2 Å². The predicted molar refractivity (Wildman–Crippen MR) is 159 cm³/mol. The molecule has 0 spiro atoms. The summed E-state index contributed by atoms with van der Waals surface area (Å²) in [6, 6.07) is 18.0. The molecular weight excluding hydrogens is 602 g/mol. The number of nitrogens with one attached hydrogen (secondary N) is 1. The number of halogens is 2. The number of carbonyl (C=O) groups is 2. The van der Waals surface area contributed by atoms with Gasteiger partial charge in [-0.25, -0.2) is 8.42 Å². The average Bonchev–Trinajstić information content (AvgIpc) is 2.90. The van der Waals surface area contributed by atoms with E-state index in [9.17, 15) is 18.0 Å². The van der Waals surface area contributed by atoms with Crippen molar-refractivity contribution < 1.29 is 18.0 Å². The highest BCUT2D eigenvalue weighted by Gasteiger charge is 2.33. The molecule has 10 heteroatoms. The lowest BCUT2D eigenvalue weighted by Gasteiger charge is -2.32. The summed E-state index contributed by atoms with van der Waals surface area (Å²) >= 11 is 9.81. The lowest BCUT2D eigenvalue weighted by molar-refractivity contribution is -0.139. The zero-order valence-electron chi connectivity index (χ0n) is 22.4. The lowest BCUT2D eigenvalue weighted by Crippen LogP contribution is -2.51. The van der Waals surface area contributed by atoms with Crippen molar-refractivity contribution >= 4 is 55.1 Å². The Morgan fingerprint density at radius 1 is 1.03 bits per heavy atom. The maximum absolute atomic E-state index is 14.0. The summed E-state index contributed by atoms with van der Waals surface area (Å²) in [5.74, 6) is -0.837. The molecule has 0 saturated heterocycles. The molecule has 7 nitrogen and oxygen atoms in total. The minimum atomic E-state index is -4.16. The molecule has 3 aromatic carbocycles. The predicted octanol–water partition coefficient (Wildman–Crippen LogP) is 5.86. The smallest absolute Gasteiger partial charge is 0.264 e. The van der Waals surface area contributed by atoms with Crippen LogP contribution in [0.15, 0.2) is 76.1 Å². The molecule has 1 N–H and O–H groups in total. The molecule has 0 heterocycles. The van der Waals surface area contributed by atoms with Gasteiger partial charge in [-0.05, 0) is 74.7 Å². The Hall–Kier alpha value is -2.88. The number of benzene rings is 3. The van der Waals surface area contributed by atoms with Crippen molar-refractivity contribution in [2.75, 3.05) is 17.4 Å². The van der Waals surface area contributed by atoms with E-state index in [0.717, 1.165) is 26.3 Å². The number of sulfonamides is 1. The van der Waals surface area contributed by atoms with E-state index in [2.05, 4.69) is 21.2 Å². The van der Waals surface area contributed by atoms with Gasteiger partial charge >= 0.3 is 0 Å². The van der Waals surface area contributed by atoms with Gasteiger partial charge in [-0.1, -0.05) is 70.3 Å². The molecule has 0 aliphatic rings. The van der Waals surface area contributed by atoms with Crippen LogP contribution in [0.4, 0.5) is 5.69 Å². The van der Waals surface area contributed by atoms with Crippen molar-refractivity contribution in [2.45, 2.75) is 51.6 Å². The van der Waals surface area contributed by atoms with Crippen molar-refractivity contribution in [1.29, 1.82) is 0 Å². The van der Waals surface area contributed by atoms with Crippen LogP contribution in [0.2, 0.25) is 5.02 Å². The van der Waals surface area contributed by atoms with E-state index in [1.54, 1.807) is 44.2 Å². The van der Waals surface area contributed by atoms with Crippen molar-refractivity contribution in [3.8, 4) is 0 Å². The first-order valence-corrected chi connectivity index (χ1v) is 15.2. The molecule has 0 radical (unpaired) electrons. The number of aryl methyl sites for hydroxylation is 1. The third-order valence-corrected chi connectivity index (χ3v) is 9.03. The van der Waals surface area contributed by atoms with E-state index in [0.29, 0.717) is 22.8 Å². The van der Waals surface area contributed by atoms with Crippen LogP contribution in [0.25, 0.3) is 0 Å². The number of rotatable bonds is 11. The number of hydrogen-bond donors (Lipinski definition) is 1. The molecule has 0 fully saturated rings. The van der Waals surface area contributed by atoms with Crippen LogP contribution >= 0.6 is 27.5 Å². The van der Waals surface area contributed by atoms with Crippen LogP contribution in [0, 0.1) is 13.8 Å². The van der Waals surface area contributed by atoms with Crippen molar-refractivity contribution in [3.63, 3.8) is 0 Å². The number of carbonyl (C=O) groups excluding carboxylic acids is 2. The second-order valence-electron chi connectivity index (χ2n) is 9.33. The first kappa shape index (κ1) is 30.7. The molecule has 0 aliphatic carbocycles. The summed E-state index contributed by atoms with van der Waals surface area (Å²) in [7, 11) is -4.16. The van der Waals surface area contributed by atoms with Gasteiger partial charge in [-0.2, -0.15) is 0 Å². The molecule has 3 rings (SSSR count). The van der Waals surface area contributed by atoms with Crippen molar-refractivity contribution in [1.82, 2.24) is 10.2 Å². The van der Waals surface area contributed by atoms with E-state index in [1.165, 1.54) is 17.0 Å². The van der Waals surface area contributed by atoms with E-state index < -0.39 is 28.5 Å². The van der Waals surface area contributed by atoms with Crippen LogP contribution < -0.4 is 9.62 Å². The number of nitrogens with zero attached hydrogens (tertiary/aromatic N) is 2. The monoisotopic (exact) mass is 633 g/mol. The fourth-order valence-corrected chi connectivity index (χ4v) is 6.12. The molecule has 3 aromatic rings. The van der Waals surface area contributed by atoms with Crippen molar-refractivity contribution in [2.24, 2.45) is 0 Å². The number of anilines is 1. The van der Waals surface area contributed by atoms with Gasteiger partial charge in [0.1, 0.15) is 12.6 Å². The molecule has 208 valence electrons. The molecular formula is C29H33BrClN3O4S. The highest BCUT2D eigenvalue weighted by molar-refractivity contribution is 9.10. The Morgan fingerprint density at radius 3 is 2.33 bits per heavy atom. The standard InChI is InChI=1S/C29H33BrClN3O4S/c1-5-16-32-29(36)22(4)33(18-23-8-6-9-24(30)17-23)28(35)19-34(27-11-7-10-26(31)21(27)3)39(37,38)25-14-12-20(2)13-15-25/h6-15,17,22H,5,16,18-19H2,1-4H3,(H,32,36)/t22-/m0/s1. The zero-order valence-corrected chi connectivity index (χ0v) is 25.6. The van der Waals surface area contributed by atoms with Gasteiger partial charge in [-0.15, -0.1) is 0 Å². The fourth-order valence-electron chi connectivity index (χ4n) is 4.03. The summed E-state index contributed by atoms with van der Waals surface area (Å²) in [4.78, 5) is 28.4. The maximum Gasteiger partial charge on any atom is 0.264 e. The third-order valence-electron chi connectivity index (χ3n) is 6.35. The SMILES string of the molecule is CCCNC(=O)[C@H](C)N(Cc1cccc(Br)c1)C(=O)CN(c1cccc(Cl)c1C)S(=O)(=O)c1ccc(C)cc1. The minimum Gasteiger partial charge on any atom is -0.354 e. The third kappa shape index (κ3) is 7.62. The first-order chi connectivity index (χ1) is 18.4. The normalized spacial score (nSPS) is 12.1. The lowest BCUT2D eigenvalue weighted by atomic mass is 10.1. The van der Waals surface area contributed by atoms with E-state index in [4.69, 9.17) is 11.6 Å². The van der Waals surface area contributed by atoms with Crippen LogP contribution in [-0.4, -0.2) is 44.3 Å². The Morgan fingerprint density at radius 2 is 1.69 bits per heavy atom. The van der Waals surface area contributed by atoms with Gasteiger partial charge in [0.15, 0.2) is 0 Å². The van der Waals surface area contributed by atoms with Gasteiger partial charge in [0, 0.05) is 22.6 Å². The summed E-state index contributed by atoms with van der Waals surface area (Å²) in [5.41, 5.74) is 2.51. The summed E-state index contributed by atoms with van der Waals surface area (Å²) in [6.45, 7) is 7.23. The minimum absolute atomic E-state index is 0.0487. The van der Waals surface area contributed by atoms with Crippen molar-refractivity contribution in [3.05, 3.63) is 92.9 Å². The van der Waals surface area contributed by atoms with Crippen LogP contribution in [0.3, 0.4) is 0 Å². The largest absolute Gasteiger partial charge is 0.354 e. The Bertz CT molecular complexity index is 1430. The number of hydrogen-bond acceptors (Lipinski definition) is 4. The summed E-state index contributed by atoms with van der Waals surface area (Å²) in [5, 5.41) is 3.21. The Labute approximate surface area is 244 Å². The Balaban J connectivity index is 2.06. The molecule has 0 aromatic heterocycles. The molecule has 0 bridgehead atoms. The number of amides is 2. The van der Waals surface area contributed by atoms with Crippen LogP contribution in [0.1, 0.15) is 37.0 Å². The average molecular weight is 635 g/mol. The summed E-state index contributed by atoms with van der Waals surface area (Å²) < 4.78 is 29.8. The Kier molecular flexibility index (Phi) is 10.6. The van der Waals surface area contributed by atoms with E-state index >= 15 is 0 Å². The van der Waals surface area contributed by atoms with Crippen LogP contribution in [0.5, 0.6) is 0 Å². The van der Waals surface area contributed by atoms with Gasteiger partial charge < -0.3 is 10.2 Å². The molecule has 2 amide bonds. The van der Waals surface area contributed by atoms with Gasteiger partial charge in [-0.3, -0.25) is 13.9 Å². The first-order valence-electron chi connectivity index (χ1n) is 12.6. The molecule has 39 heavy (non-hydrogen) atoms. The second-order valence-corrected chi connectivity index (χ2v) is 12.5. The van der Waals surface area contributed by atoms with Gasteiger partial charge in [0.25, 0.3) is 10.0 Å². The summed E-state index contributed by atoms with van der Waals surface area (Å²) in [6.07, 6.45) is 0.745. The molecule has 0 unspecified atom stereocenters. The topological polar surface area (TPSA) is 86.8 Å². The fraction of sp³-hybridized carbons (Fsp3) is 0.310. The zero-order chi connectivity index (χ0) is 28.7. The second kappa shape index (κ2) is 13.5. The van der Waals surface area contributed by atoms with Gasteiger partial charge in [0.05, 0.1) is 10.6 Å². The molecule has 0 aliphatic heterocycles. The maximum atomic E-state index is 14.0. The highest BCUT2D eigenvalue weighted by atomic mass is 79.9. The molecule has 1 atom stereocenters. The van der Waals surface area contributed by atoms with E-state index in [1.807, 2.05) is 38.1 Å². The quantitative estimate of drug-likeness (QED) is 0.286. The highest BCUT2D eigenvalue weighted by Crippen LogP contribution is 2.31.